The van der Waals surface area contributed by atoms with Crippen molar-refractivity contribution in [3.8, 4) is 0 Å². The van der Waals surface area contributed by atoms with Gasteiger partial charge < -0.3 is 5.32 Å². The molecule has 0 aliphatic rings. The Morgan fingerprint density at radius 1 is 1.20 bits per heavy atom. The van der Waals surface area contributed by atoms with Crippen molar-refractivity contribution in [2.75, 3.05) is 11.3 Å². The molecule has 6 heteroatoms. The summed E-state index contributed by atoms with van der Waals surface area (Å²) in [6.07, 6.45) is 0. The number of hydrogen-bond donors (Lipinski definition) is 2. The highest BCUT2D eigenvalue weighted by atomic mass is 32.2. The Balaban J connectivity index is 2.13. The van der Waals surface area contributed by atoms with E-state index < -0.39 is 10.0 Å². The summed E-state index contributed by atoms with van der Waals surface area (Å²) in [6.45, 7) is 5.54. The number of anilines is 1. The molecule has 1 heterocycles. The summed E-state index contributed by atoms with van der Waals surface area (Å²) in [6, 6.07) is 8.99. The van der Waals surface area contributed by atoms with Crippen LogP contribution in [-0.4, -0.2) is 15.0 Å². The molecule has 1 aromatic heterocycles. The van der Waals surface area contributed by atoms with Crippen LogP contribution in [0.15, 0.2) is 40.6 Å². The first-order valence-corrected chi connectivity index (χ1v) is 8.75. The predicted molar refractivity (Wildman–Crippen MR) is 83.7 cm³/mol. The van der Waals surface area contributed by atoms with E-state index in [4.69, 9.17) is 0 Å². The van der Waals surface area contributed by atoms with Gasteiger partial charge in [0.2, 0.25) is 0 Å². The standard InChI is InChI=1S/C14H18N2O2S2/c1-3-15-9-13-8-14(10-19-13)20(17,18)16-12-6-4-11(2)5-7-12/h4-8,10,15-16H,3,9H2,1-2H3. The fourth-order valence-electron chi connectivity index (χ4n) is 1.68. The molecule has 0 aliphatic heterocycles. The molecular formula is C14H18N2O2S2. The van der Waals surface area contributed by atoms with E-state index in [1.807, 2.05) is 26.0 Å². The molecule has 2 N–H and O–H groups in total. The summed E-state index contributed by atoms with van der Waals surface area (Å²) in [5, 5.41) is 4.85. The van der Waals surface area contributed by atoms with Crippen LogP contribution < -0.4 is 10.0 Å². The quantitative estimate of drug-likeness (QED) is 0.862. The van der Waals surface area contributed by atoms with Gasteiger partial charge >= 0.3 is 0 Å². The number of hydrogen-bond acceptors (Lipinski definition) is 4. The van der Waals surface area contributed by atoms with E-state index in [1.54, 1.807) is 23.6 Å². The zero-order valence-corrected chi connectivity index (χ0v) is 13.1. The summed E-state index contributed by atoms with van der Waals surface area (Å²) < 4.78 is 27.1. The van der Waals surface area contributed by atoms with E-state index in [-0.39, 0.29) is 0 Å². The molecule has 0 radical (unpaired) electrons. The highest BCUT2D eigenvalue weighted by molar-refractivity contribution is 7.92. The Morgan fingerprint density at radius 3 is 2.55 bits per heavy atom. The van der Waals surface area contributed by atoms with Crippen LogP contribution >= 0.6 is 11.3 Å². The van der Waals surface area contributed by atoms with Gasteiger partial charge in [0.05, 0.1) is 4.90 Å². The number of rotatable bonds is 6. The van der Waals surface area contributed by atoms with Gasteiger partial charge in [-0.25, -0.2) is 8.42 Å². The number of sulfonamides is 1. The summed E-state index contributed by atoms with van der Waals surface area (Å²) in [7, 11) is -3.50. The van der Waals surface area contributed by atoms with Crippen LogP contribution in [-0.2, 0) is 16.6 Å². The predicted octanol–water partition coefficient (Wildman–Crippen LogP) is 2.97. The number of aryl methyl sites for hydroxylation is 1. The lowest BCUT2D eigenvalue weighted by Crippen LogP contribution is -2.12. The summed E-state index contributed by atoms with van der Waals surface area (Å²) in [5.41, 5.74) is 1.67. The average molecular weight is 310 g/mol. The topological polar surface area (TPSA) is 58.2 Å². The second-order valence-corrected chi connectivity index (χ2v) is 7.18. The number of benzene rings is 1. The Kier molecular flexibility index (Phi) is 4.80. The molecular weight excluding hydrogens is 292 g/mol. The minimum absolute atomic E-state index is 0.316. The number of nitrogens with one attached hydrogen (secondary N) is 2. The molecule has 0 atom stereocenters. The van der Waals surface area contributed by atoms with Gasteiger partial charge in [0.1, 0.15) is 0 Å². The van der Waals surface area contributed by atoms with Crippen molar-refractivity contribution in [2.24, 2.45) is 0 Å². The summed E-state index contributed by atoms with van der Waals surface area (Å²) in [4.78, 5) is 1.33. The first-order chi connectivity index (χ1) is 9.51. The molecule has 20 heavy (non-hydrogen) atoms. The fourth-order valence-corrected chi connectivity index (χ4v) is 3.98. The van der Waals surface area contributed by atoms with Crippen molar-refractivity contribution in [3.63, 3.8) is 0 Å². The SMILES string of the molecule is CCNCc1cc(S(=O)(=O)Nc2ccc(C)cc2)cs1. The van der Waals surface area contributed by atoms with Crippen LogP contribution in [0.2, 0.25) is 0 Å². The molecule has 0 saturated heterocycles. The van der Waals surface area contributed by atoms with E-state index >= 15 is 0 Å². The lowest BCUT2D eigenvalue weighted by atomic mass is 10.2. The van der Waals surface area contributed by atoms with Crippen molar-refractivity contribution >= 4 is 27.0 Å². The Morgan fingerprint density at radius 2 is 1.90 bits per heavy atom. The van der Waals surface area contributed by atoms with Gasteiger partial charge in [-0.1, -0.05) is 24.6 Å². The zero-order chi connectivity index (χ0) is 14.6. The smallest absolute Gasteiger partial charge is 0.262 e. The third kappa shape index (κ3) is 3.82. The van der Waals surface area contributed by atoms with Crippen LogP contribution in [0.3, 0.4) is 0 Å². The van der Waals surface area contributed by atoms with Gasteiger partial charge in [0, 0.05) is 22.5 Å². The van der Waals surface area contributed by atoms with Crippen molar-refractivity contribution in [1.29, 1.82) is 0 Å². The first kappa shape index (κ1) is 15.0. The fraction of sp³-hybridized carbons (Fsp3) is 0.286. The third-order valence-electron chi connectivity index (χ3n) is 2.79. The highest BCUT2D eigenvalue weighted by Crippen LogP contribution is 2.22. The molecule has 0 unspecified atom stereocenters. The van der Waals surface area contributed by atoms with Gasteiger partial charge in [-0.05, 0) is 31.7 Å². The molecule has 2 rings (SSSR count). The summed E-state index contributed by atoms with van der Waals surface area (Å²) in [5.74, 6) is 0. The largest absolute Gasteiger partial charge is 0.312 e. The molecule has 0 aliphatic carbocycles. The van der Waals surface area contributed by atoms with Gasteiger partial charge in [0.25, 0.3) is 10.0 Å². The van der Waals surface area contributed by atoms with Crippen molar-refractivity contribution in [3.05, 3.63) is 46.2 Å². The van der Waals surface area contributed by atoms with Crippen LogP contribution in [0, 0.1) is 6.92 Å². The molecule has 0 fully saturated rings. The van der Waals surface area contributed by atoms with Crippen LogP contribution in [0.4, 0.5) is 5.69 Å². The van der Waals surface area contributed by atoms with E-state index in [0.29, 0.717) is 17.1 Å². The van der Waals surface area contributed by atoms with Crippen molar-refractivity contribution in [1.82, 2.24) is 5.32 Å². The molecule has 0 bridgehead atoms. The van der Waals surface area contributed by atoms with Gasteiger partial charge in [0.15, 0.2) is 0 Å². The maximum atomic E-state index is 12.2. The second-order valence-electron chi connectivity index (χ2n) is 4.50. The van der Waals surface area contributed by atoms with Crippen molar-refractivity contribution in [2.45, 2.75) is 25.3 Å². The second kappa shape index (κ2) is 6.39. The minimum Gasteiger partial charge on any atom is -0.312 e. The van der Waals surface area contributed by atoms with E-state index in [0.717, 1.165) is 17.0 Å². The van der Waals surface area contributed by atoms with Crippen LogP contribution in [0.1, 0.15) is 17.4 Å². The summed E-state index contributed by atoms with van der Waals surface area (Å²) >= 11 is 1.45. The minimum atomic E-state index is -3.50. The van der Waals surface area contributed by atoms with Gasteiger partial charge in [-0.15, -0.1) is 11.3 Å². The normalized spacial score (nSPS) is 11.5. The zero-order valence-electron chi connectivity index (χ0n) is 11.5. The molecule has 4 nitrogen and oxygen atoms in total. The Hall–Kier alpha value is -1.37. The van der Waals surface area contributed by atoms with E-state index in [9.17, 15) is 8.42 Å². The molecule has 0 spiro atoms. The van der Waals surface area contributed by atoms with E-state index in [2.05, 4.69) is 10.0 Å². The highest BCUT2D eigenvalue weighted by Gasteiger charge is 2.16. The Labute approximate surface area is 123 Å². The molecule has 1 aromatic carbocycles. The van der Waals surface area contributed by atoms with Gasteiger partial charge in [-0.2, -0.15) is 0 Å². The van der Waals surface area contributed by atoms with Crippen molar-refractivity contribution < 1.29 is 8.42 Å². The molecule has 0 amide bonds. The maximum Gasteiger partial charge on any atom is 0.262 e. The van der Waals surface area contributed by atoms with Gasteiger partial charge in [-0.3, -0.25) is 4.72 Å². The first-order valence-electron chi connectivity index (χ1n) is 6.39. The van der Waals surface area contributed by atoms with E-state index in [1.165, 1.54) is 11.3 Å². The lowest BCUT2D eigenvalue weighted by Gasteiger charge is -2.06. The van der Waals surface area contributed by atoms with Crippen LogP contribution in [0.25, 0.3) is 0 Å². The maximum absolute atomic E-state index is 12.2. The Bertz CT molecular complexity index is 661. The third-order valence-corrected chi connectivity index (χ3v) is 5.24. The number of thiophene rings is 1. The molecule has 2 aromatic rings. The average Bonchev–Trinajstić information content (AvgIpc) is 2.88. The lowest BCUT2D eigenvalue weighted by molar-refractivity contribution is 0.601. The monoisotopic (exact) mass is 310 g/mol. The molecule has 0 saturated carbocycles. The van der Waals surface area contributed by atoms with Crippen LogP contribution in [0.5, 0.6) is 0 Å². The molecule has 108 valence electrons.